The Bertz CT molecular complexity index is 494. The fourth-order valence-corrected chi connectivity index (χ4v) is 1.45. The van der Waals surface area contributed by atoms with Gasteiger partial charge in [-0.3, -0.25) is 0 Å². The molecule has 1 N–H and O–H groups in total. The smallest absolute Gasteiger partial charge is 0.141 e. The number of phenols is 1. The highest BCUT2D eigenvalue weighted by Crippen LogP contribution is 2.21. The van der Waals surface area contributed by atoms with Crippen molar-refractivity contribution in [3.63, 3.8) is 0 Å². The highest BCUT2D eigenvalue weighted by atomic mass is 16.3. The number of rotatable bonds is 2. The van der Waals surface area contributed by atoms with Gasteiger partial charge in [0, 0.05) is 0 Å². The summed E-state index contributed by atoms with van der Waals surface area (Å²) in [5, 5.41) is 21.0. The number of hydrogen-bond donors (Lipinski definition) is 1. The SMILES string of the molecule is Cc1cc(/C=N/n2cnnc2)cc(C)c1O. The van der Waals surface area contributed by atoms with Crippen molar-refractivity contribution in [1.82, 2.24) is 14.9 Å². The van der Waals surface area contributed by atoms with E-state index in [1.807, 2.05) is 26.0 Å². The third kappa shape index (κ3) is 2.08. The average molecular weight is 216 g/mol. The largest absolute Gasteiger partial charge is 0.507 e. The lowest BCUT2D eigenvalue weighted by Gasteiger charge is -2.04. The maximum Gasteiger partial charge on any atom is 0.141 e. The zero-order valence-corrected chi connectivity index (χ0v) is 9.12. The molecule has 2 rings (SSSR count). The summed E-state index contributed by atoms with van der Waals surface area (Å²) in [6.45, 7) is 3.72. The summed E-state index contributed by atoms with van der Waals surface area (Å²) in [7, 11) is 0. The standard InChI is InChI=1S/C11H12N4O/c1-8-3-10(4-9(2)11(8)16)5-14-15-6-12-13-7-15/h3-7,16H,1-2H3/b14-5+. The Labute approximate surface area is 93.1 Å². The fraction of sp³-hybridized carbons (Fsp3) is 0.182. The van der Waals surface area contributed by atoms with Gasteiger partial charge in [0.05, 0.1) is 6.21 Å². The fourth-order valence-electron chi connectivity index (χ4n) is 1.45. The van der Waals surface area contributed by atoms with E-state index >= 15 is 0 Å². The van der Waals surface area contributed by atoms with Crippen molar-refractivity contribution in [2.75, 3.05) is 0 Å². The molecule has 0 atom stereocenters. The molecule has 0 unspecified atom stereocenters. The Morgan fingerprint density at radius 2 is 1.75 bits per heavy atom. The monoisotopic (exact) mass is 216 g/mol. The molecule has 0 aliphatic heterocycles. The van der Waals surface area contributed by atoms with Crippen molar-refractivity contribution in [3.05, 3.63) is 41.5 Å². The Hall–Kier alpha value is -2.17. The molecule has 5 heteroatoms. The molecule has 0 amide bonds. The molecule has 82 valence electrons. The predicted octanol–water partition coefficient (Wildman–Crippen LogP) is 1.48. The second-order valence-corrected chi connectivity index (χ2v) is 3.59. The summed E-state index contributed by atoms with van der Waals surface area (Å²) in [5.41, 5.74) is 2.61. The van der Waals surface area contributed by atoms with Crippen molar-refractivity contribution in [2.45, 2.75) is 13.8 Å². The van der Waals surface area contributed by atoms with Gasteiger partial charge in [-0.2, -0.15) is 5.10 Å². The van der Waals surface area contributed by atoms with Gasteiger partial charge in [-0.15, -0.1) is 10.2 Å². The lowest BCUT2D eigenvalue weighted by Crippen LogP contribution is -1.90. The summed E-state index contributed by atoms with van der Waals surface area (Å²) in [6, 6.07) is 3.74. The first-order valence-electron chi connectivity index (χ1n) is 4.86. The summed E-state index contributed by atoms with van der Waals surface area (Å²) in [6.07, 6.45) is 4.72. The first kappa shape index (κ1) is 10.4. The van der Waals surface area contributed by atoms with Gasteiger partial charge in [-0.25, -0.2) is 4.68 Å². The van der Waals surface area contributed by atoms with Gasteiger partial charge < -0.3 is 5.11 Å². The van der Waals surface area contributed by atoms with Gasteiger partial charge in [0.1, 0.15) is 18.4 Å². The molecule has 0 spiro atoms. The van der Waals surface area contributed by atoms with Crippen LogP contribution in [0, 0.1) is 13.8 Å². The van der Waals surface area contributed by atoms with Gasteiger partial charge in [-0.05, 0) is 42.7 Å². The third-order valence-electron chi connectivity index (χ3n) is 2.26. The number of aromatic hydroxyl groups is 1. The van der Waals surface area contributed by atoms with Crippen LogP contribution in [-0.2, 0) is 0 Å². The predicted molar refractivity (Wildman–Crippen MR) is 60.6 cm³/mol. The molecule has 1 heterocycles. The van der Waals surface area contributed by atoms with E-state index in [4.69, 9.17) is 0 Å². The summed E-state index contributed by atoms with van der Waals surface area (Å²) in [5.74, 6) is 0.335. The molecule has 1 aromatic carbocycles. The van der Waals surface area contributed by atoms with Gasteiger partial charge >= 0.3 is 0 Å². The van der Waals surface area contributed by atoms with Crippen LogP contribution >= 0.6 is 0 Å². The molecule has 2 aromatic rings. The molecule has 5 nitrogen and oxygen atoms in total. The molecule has 0 saturated carbocycles. The molecule has 0 fully saturated rings. The minimum atomic E-state index is 0.335. The lowest BCUT2D eigenvalue weighted by molar-refractivity contribution is 0.467. The lowest BCUT2D eigenvalue weighted by atomic mass is 10.1. The number of nitrogens with zero attached hydrogens (tertiary/aromatic N) is 4. The van der Waals surface area contributed by atoms with Gasteiger partial charge in [0.2, 0.25) is 0 Å². The van der Waals surface area contributed by atoms with Crippen LogP contribution < -0.4 is 0 Å². The Kier molecular flexibility index (Phi) is 2.68. The maximum absolute atomic E-state index is 9.61. The Morgan fingerprint density at radius 1 is 1.19 bits per heavy atom. The van der Waals surface area contributed by atoms with Crippen LogP contribution in [0.5, 0.6) is 5.75 Å². The summed E-state index contributed by atoms with van der Waals surface area (Å²) < 4.78 is 1.51. The average Bonchev–Trinajstić information content (AvgIpc) is 2.75. The molecule has 0 aliphatic rings. The molecule has 0 saturated heterocycles. The second-order valence-electron chi connectivity index (χ2n) is 3.59. The van der Waals surface area contributed by atoms with Crippen LogP contribution in [0.4, 0.5) is 0 Å². The Morgan fingerprint density at radius 3 is 2.31 bits per heavy atom. The van der Waals surface area contributed by atoms with E-state index in [9.17, 15) is 5.11 Å². The normalized spacial score (nSPS) is 11.1. The van der Waals surface area contributed by atoms with E-state index < -0.39 is 0 Å². The number of phenolic OH excluding ortho intramolecular Hbond substituents is 1. The van der Waals surface area contributed by atoms with Crippen molar-refractivity contribution >= 4 is 6.21 Å². The van der Waals surface area contributed by atoms with E-state index in [0.717, 1.165) is 16.7 Å². The van der Waals surface area contributed by atoms with E-state index in [2.05, 4.69) is 15.3 Å². The highest BCUT2D eigenvalue weighted by Gasteiger charge is 2.01. The van der Waals surface area contributed by atoms with Gasteiger partial charge in [-0.1, -0.05) is 0 Å². The molecule has 16 heavy (non-hydrogen) atoms. The van der Waals surface area contributed by atoms with Crippen LogP contribution in [-0.4, -0.2) is 26.2 Å². The number of aromatic nitrogens is 3. The summed E-state index contributed by atoms with van der Waals surface area (Å²) >= 11 is 0. The number of benzene rings is 1. The van der Waals surface area contributed by atoms with Crippen molar-refractivity contribution in [2.24, 2.45) is 5.10 Å². The number of hydrogen-bond acceptors (Lipinski definition) is 4. The Balaban J connectivity index is 2.29. The van der Waals surface area contributed by atoms with E-state index in [-0.39, 0.29) is 0 Å². The van der Waals surface area contributed by atoms with E-state index in [1.54, 1.807) is 6.21 Å². The van der Waals surface area contributed by atoms with Crippen molar-refractivity contribution in [3.8, 4) is 5.75 Å². The minimum Gasteiger partial charge on any atom is -0.507 e. The van der Waals surface area contributed by atoms with Crippen LogP contribution in [0.2, 0.25) is 0 Å². The number of aryl methyl sites for hydroxylation is 2. The zero-order chi connectivity index (χ0) is 11.5. The maximum atomic E-state index is 9.61. The van der Waals surface area contributed by atoms with Crippen LogP contribution in [0.25, 0.3) is 0 Å². The molecule has 0 radical (unpaired) electrons. The van der Waals surface area contributed by atoms with E-state index in [1.165, 1.54) is 17.3 Å². The minimum absolute atomic E-state index is 0.335. The third-order valence-corrected chi connectivity index (χ3v) is 2.26. The van der Waals surface area contributed by atoms with Crippen molar-refractivity contribution in [1.29, 1.82) is 0 Å². The quantitative estimate of drug-likeness (QED) is 0.773. The van der Waals surface area contributed by atoms with Crippen LogP contribution in [0.15, 0.2) is 29.9 Å². The first-order chi connectivity index (χ1) is 7.66. The molecular weight excluding hydrogens is 204 g/mol. The topological polar surface area (TPSA) is 63.3 Å². The first-order valence-corrected chi connectivity index (χ1v) is 4.86. The van der Waals surface area contributed by atoms with Crippen LogP contribution in [0.1, 0.15) is 16.7 Å². The molecule has 0 bridgehead atoms. The zero-order valence-electron chi connectivity index (χ0n) is 9.12. The second kappa shape index (κ2) is 4.14. The molecule has 0 aliphatic carbocycles. The van der Waals surface area contributed by atoms with Gasteiger partial charge in [0.25, 0.3) is 0 Å². The molecular formula is C11H12N4O. The molecule has 1 aromatic heterocycles. The van der Waals surface area contributed by atoms with Crippen molar-refractivity contribution < 1.29 is 5.11 Å². The van der Waals surface area contributed by atoms with Gasteiger partial charge in [0.15, 0.2) is 0 Å². The van der Waals surface area contributed by atoms with E-state index in [0.29, 0.717) is 5.75 Å². The highest BCUT2D eigenvalue weighted by molar-refractivity contribution is 5.80. The summed E-state index contributed by atoms with van der Waals surface area (Å²) in [4.78, 5) is 0. The van der Waals surface area contributed by atoms with Crippen LogP contribution in [0.3, 0.4) is 0 Å².